The second-order valence-electron chi connectivity index (χ2n) is 8.01. The lowest BCUT2D eigenvalue weighted by atomic mass is 10.00. The van der Waals surface area contributed by atoms with Crippen molar-refractivity contribution < 1.29 is 19.1 Å². The van der Waals surface area contributed by atoms with Gasteiger partial charge in [-0.1, -0.05) is 37.3 Å². The van der Waals surface area contributed by atoms with Gasteiger partial charge in [0.1, 0.15) is 0 Å². The van der Waals surface area contributed by atoms with Crippen LogP contribution in [-0.2, 0) is 4.79 Å². The van der Waals surface area contributed by atoms with Crippen molar-refractivity contribution in [2.45, 2.75) is 19.3 Å². The van der Waals surface area contributed by atoms with Crippen molar-refractivity contribution in [2.75, 3.05) is 53.5 Å². The Morgan fingerprint density at radius 1 is 1.03 bits per heavy atom. The molecule has 1 aliphatic rings. The smallest absolute Gasteiger partial charge is 0.254 e. The lowest BCUT2D eigenvalue weighted by molar-refractivity contribution is -0.131. The van der Waals surface area contributed by atoms with Gasteiger partial charge >= 0.3 is 0 Å². The molecular formula is C25H33N3O4. The van der Waals surface area contributed by atoms with Crippen LogP contribution >= 0.6 is 0 Å². The molecular weight excluding hydrogens is 406 g/mol. The van der Waals surface area contributed by atoms with Crippen LogP contribution in [0.3, 0.4) is 0 Å². The molecule has 172 valence electrons. The number of amides is 2. The summed E-state index contributed by atoms with van der Waals surface area (Å²) in [6.45, 7) is 6.03. The van der Waals surface area contributed by atoms with Gasteiger partial charge in [0.25, 0.3) is 5.91 Å². The van der Waals surface area contributed by atoms with Gasteiger partial charge in [-0.3, -0.25) is 9.59 Å². The maximum absolute atomic E-state index is 13.5. The van der Waals surface area contributed by atoms with E-state index in [1.165, 1.54) is 0 Å². The van der Waals surface area contributed by atoms with Crippen LogP contribution in [0.25, 0.3) is 0 Å². The summed E-state index contributed by atoms with van der Waals surface area (Å²) in [5.41, 5.74) is 1.67. The minimum absolute atomic E-state index is 0.0870. The summed E-state index contributed by atoms with van der Waals surface area (Å²) in [6, 6.07) is 15.3. The Morgan fingerprint density at radius 3 is 2.38 bits per heavy atom. The van der Waals surface area contributed by atoms with E-state index in [1.807, 2.05) is 23.1 Å². The maximum atomic E-state index is 13.5. The normalized spacial score (nSPS) is 14.5. The van der Waals surface area contributed by atoms with Crippen LogP contribution in [0.5, 0.6) is 11.5 Å². The number of ether oxygens (including phenoxy) is 2. The molecule has 2 amide bonds. The van der Waals surface area contributed by atoms with Gasteiger partial charge in [0.2, 0.25) is 5.91 Å². The van der Waals surface area contributed by atoms with E-state index in [0.717, 1.165) is 18.7 Å². The molecule has 2 aromatic rings. The third kappa shape index (κ3) is 6.01. The predicted octanol–water partition coefficient (Wildman–Crippen LogP) is 2.77. The predicted molar refractivity (Wildman–Crippen MR) is 124 cm³/mol. The van der Waals surface area contributed by atoms with Crippen molar-refractivity contribution in [1.29, 1.82) is 0 Å². The summed E-state index contributed by atoms with van der Waals surface area (Å²) < 4.78 is 10.7. The summed E-state index contributed by atoms with van der Waals surface area (Å²) >= 11 is 0. The molecule has 1 heterocycles. The Morgan fingerprint density at radius 2 is 1.72 bits per heavy atom. The van der Waals surface area contributed by atoms with Crippen LogP contribution in [-0.4, -0.2) is 75.1 Å². The zero-order valence-electron chi connectivity index (χ0n) is 19.2. The topological polar surface area (TPSA) is 71.1 Å². The van der Waals surface area contributed by atoms with E-state index in [4.69, 9.17) is 9.47 Å². The minimum Gasteiger partial charge on any atom is -0.493 e. The van der Waals surface area contributed by atoms with Gasteiger partial charge in [-0.05, 0) is 29.7 Å². The van der Waals surface area contributed by atoms with Crippen molar-refractivity contribution in [3.8, 4) is 11.5 Å². The molecule has 0 saturated carbocycles. The minimum atomic E-state index is -0.123. The molecule has 0 spiro atoms. The molecule has 1 N–H and O–H groups in total. The molecule has 0 aliphatic carbocycles. The van der Waals surface area contributed by atoms with E-state index >= 15 is 0 Å². The highest BCUT2D eigenvalue weighted by Crippen LogP contribution is 2.28. The number of piperazine rings is 1. The Labute approximate surface area is 190 Å². The van der Waals surface area contributed by atoms with Crippen LogP contribution < -0.4 is 14.8 Å². The second kappa shape index (κ2) is 11.5. The molecule has 1 saturated heterocycles. The molecule has 2 aromatic carbocycles. The van der Waals surface area contributed by atoms with Gasteiger partial charge in [0.15, 0.2) is 11.5 Å². The fourth-order valence-corrected chi connectivity index (χ4v) is 3.95. The Kier molecular flexibility index (Phi) is 8.50. The average molecular weight is 440 g/mol. The summed E-state index contributed by atoms with van der Waals surface area (Å²) in [4.78, 5) is 29.8. The third-order valence-electron chi connectivity index (χ3n) is 5.85. The number of carbonyl (C=O) groups excluding carboxylic acids is 2. The van der Waals surface area contributed by atoms with E-state index in [0.29, 0.717) is 49.7 Å². The largest absolute Gasteiger partial charge is 0.493 e. The van der Waals surface area contributed by atoms with Crippen LogP contribution in [0.15, 0.2) is 48.5 Å². The molecule has 7 nitrogen and oxygen atoms in total. The van der Waals surface area contributed by atoms with Gasteiger partial charge in [-0.2, -0.15) is 0 Å². The number of benzene rings is 2. The fraction of sp³-hybridized carbons (Fsp3) is 0.440. The number of methoxy groups -OCH3 is 2. The lowest BCUT2D eigenvalue weighted by Gasteiger charge is -2.30. The van der Waals surface area contributed by atoms with E-state index in [1.54, 1.807) is 37.3 Å². The molecule has 32 heavy (non-hydrogen) atoms. The van der Waals surface area contributed by atoms with E-state index < -0.39 is 0 Å². The molecule has 0 aromatic heterocycles. The van der Waals surface area contributed by atoms with E-state index in [9.17, 15) is 9.59 Å². The molecule has 0 bridgehead atoms. The molecule has 1 aliphatic heterocycles. The number of hydrogen-bond donors (Lipinski definition) is 1. The third-order valence-corrected chi connectivity index (χ3v) is 5.85. The average Bonchev–Trinajstić information content (AvgIpc) is 2.86. The number of nitrogens with zero attached hydrogens (tertiary/aromatic N) is 2. The van der Waals surface area contributed by atoms with Crippen molar-refractivity contribution in [1.82, 2.24) is 15.1 Å². The van der Waals surface area contributed by atoms with Crippen molar-refractivity contribution in [2.24, 2.45) is 0 Å². The Bertz CT molecular complexity index is 897. The molecule has 7 heteroatoms. The van der Waals surface area contributed by atoms with Gasteiger partial charge < -0.3 is 24.6 Å². The Hall–Kier alpha value is -3.06. The molecule has 1 atom stereocenters. The Balaban J connectivity index is 1.77. The van der Waals surface area contributed by atoms with E-state index in [2.05, 4.69) is 24.4 Å². The van der Waals surface area contributed by atoms with Crippen LogP contribution in [0.2, 0.25) is 0 Å². The number of rotatable bonds is 9. The number of nitrogens with one attached hydrogen (secondary N) is 1. The van der Waals surface area contributed by atoms with Gasteiger partial charge in [0, 0.05) is 51.3 Å². The van der Waals surface area contributed by atoms with E-state index in [-0.39, 0.29) is 17.7 Å². The van der Waals surface area contributed by atoms with Crippen LogP contribution in [0.4, 0.5) is 0 Å². The van der Waals surface area contributed by atoms with Crippen molar-refractivity contribution >= 4 is 11.8 Å². The van der Waals surface area contributed by atoms with Crippen molar-refractivity contribution in [3.05, 3.63) is 59.7 Å². The first-order valence-electron chi connectivity index (χ1n) is 11.1. The molecule has 0 unspecified atom stereocenters. The summed E-state index contributed by atoms with van der Waals surface area (Å²) in [7, 11) is 3.11. The molecule has 0 radical (unpaired) electrons. The number of carbonyl (C=O) groups is 2. The lowest BCUT2D eigenvalue weighted by Crippen LogP contribution is -2.47. The summed E-state index contributed by atoms with van der Waals surface area (Å²) in [6.07, 6.45) is 0.306. The van der Waals surface area contributed by atoms with Crippen molar-refractivity contribution in [3.63, 3.8) is 0 Å². The summed E-state index contributed by atoms with van der Waals surface area (Å²) in [5, 5.41) is 3.26. The monoisotopic (exact) mass is 439 g/mol. The first kappa shape index (κ1) is 23.6. The SMILES string of the molecule is COc1ccc(C(=O)N(CCC(=O)N2CCNCC2)C[C@H](C)c2ccccc2)cc1OC. The van der Waals surface area contributed by atoms with Gasteiger partial charge in [0.05, 0.1) is 14.2 Å². The highest BCUT2D eigenvalue weighted by molar-refractivity contribution is 5.95. The molecule has 3 rings (SSSR count). The maximum Gasteiger partial charge on any atom is 0.254 e. The first-order chi connectivity index (χ1) is 15.5. The zero-order valence-corrected chi connectivity index (χ0v) is 19.2. The fourth-order valence-electron chi connectivity index (χ4n) is 3.95. The van der Waals surface area contributed by atoms with Gasteiger partial charge in [-0.15, -0.1) is 0 Å². The standard InChI is InChI=1S/C25H33N3O4/c1-19(20-7-5-4-6-8-20)18-28(14-11-24(29)27-15-12-26-13-16-27)25(30)21-9-10-22(31-2)23(17-21)32-3/h4-10,17,19,26H,11-16,18H2,1-3H3/t19-/m0/s1. The quantitative estimate of drug-likeness (QED) is 0.651. The highest BCUT2D eigenvalue weighted by Gasteiger charge is 2.23. The first-order valence-corrected chi connectivity index (χ1v) is 11.1. The summed E-state index contributed by atoms with van der Waals surface area (Å²) in [5.74, 6) is 1.17. The molecule has 1 fully saturated rings. The zero-order chi connectivity index (χ0) is 22.9. The van der Waals surface area contributed by atoms with Gasteiger partial charge in [-0.25, -0.2) is 0 Å². The van der Waals surface area contributed by atoms with Crippen LogP contribution in [0, 0.1) is 0 Å². The highest BCUT2D eigenvalue weighted by atomic mass is 16.5. The number of hydrogen-bond acceptors (Lipinski definition) is 5. The second-order valence-corrected chi connectivity index (χ2v) is 8.01. The van der Waals surface area contributed by atoms with Crippen LogP contribution in [0.1, 0.15) is 35.2 Å².